The highest BCUT2D eigenvalue weighted by molar-refractivity contribution is 8.03. The van der Waals surface area contributed by atoms with Crippen molar-refractivity contribution in [2.45, 2.75) is 24.8 Å². The van der Waals surface area contributed by atoms with E-state index in [-0.39, 0.29) is 6.42 Å². The second kappa shape index (κ2) is 7.86. The first-order valence-electron chi connectivity index (χ1n) is 9.17. The molecule has 4 rings (SSSR count). The van der Waals surface area contributed by atoms with Crippen LogP contribution in [0.25, 0.3) is 17.0 Å². The van der Waals surface area contributed by atoms with Gasteiger partial charge in [-0.1, -0.05) is 35.5 Å². The van der Waals surface area contributed by atoms with Crippen molar-refractivity contribution in [3.8, 4) is 0 Å². The van der Waals surface area contributed by atoms with Crippen LogP contribution >= 0.6 is 23.4 Å². The summed E-state index contributed by atoms with van der Waals surface area (Å²) >= 11 is 7.84. The van der Waals surface area contributed by atoms with Gasteiger partial charge in [0.05, 0.1) is 17.1 Å². The van der Waals surface area contributed by atoms with Crippen molar-refractivity contribution in [2.24, 2.45) is 0 Å². The fraction of sp³-hybridized carbons (Fsp3) is 0.182. The van der Waals surface area contributed by atoms with Crippen molar-refractivity contribution in [3.05, 3.63) is 70.3 Å². The number of aliphatic carboxylic acids is 1. The average Bonchev–Trinajstić information content (AvgIpc) is 3.02. The molecule has 0 spiro atoms. The average molecular weight is 412 g/mol. The Morgan fingerprint density at radius 1 is 1.21 bits per heavy atom. The molecule has 3 aromatic rings. The maximum absolute atomic E-state index is 11.2. The molecule has 0 saturated carbocycles. The van der Waals surface area contributed by atoms with Gasteiger partial charge in [-0.15, -0.1) is 0 Å². The van der Waals surface area contributed by atoms with E-state index in [1.807, 2.05) is 30.3 Å². The van der Waals surface area contributed by atoms with Gasteiger partial charge in [-0.05, 0) is 37.3 Å². The Bertz CT molecular complexity index is 1100. The molecule has 0 atom stereocenters. The summed E-state index contributed by atoms with van der Waals surface area (Å²) in [5.74, 6) is -0.811. The van der Waals surface area contributed by atoms with Gasteiger partial charge in [-0.25, -0.2) is 0 Å². The van der Waals surface area contributed by atoms with Crippen molar-refractivity contribution >= 4 is 52.0 Å². The molecule has 0 bridgehead atoms. The summed E-state index contributed by atoms with van der Waals surface area (Å²) in [6.07, 6.45) is 2.20. The highest BCUT2D eigenvalue weighted by Gasteiger charge is 2.27. The van der Waals surface area contributed by atoms with Gasteiger partial charge in [0, 0.05) is 40.1 Å². The van der Waals surface area contributed by atoms with E-state index in [9.17, 15) is 4.79 Å². The molecular weight excluding hydrogens is 392 g/mol. The first kappa shape index (κ1) is 18.8. The van der Waals surface area contributed by atoms with E-state index < -0.39 is 5.97 Å². The number of benzene rings is 2. The molecular formula is C22H20ClN2O2S+. The van der Waals surface area contributed by atoms with Crippen molar-refractivity contribution in [1.82, 2.24) is 0 Å². The Morgan fingerprint density at radius 2 is 2.04 bits per heavy atom. The van der Waals surface area contributed by atoms with Crippen LogP contribution in [0.4, 0.5) is 5.69 Å². The smallest absolute Gasteiger partial charge is 0.305 e. The Balaban J connectivity index is 1.79. The van der Waals surface area contributed by atoms with Crippen molar-refractivity contribution in [1.29, 1.82) is 0 Å². The van der Waals surface area contributed by atoms with Gasteiger partial charge in [-0.2, -0.15) is 4.57 Å². The van der Waals surface area contributed by atoms with Crippen LogP contribution < -0.4 is 9.47 Å². The zero-order valence-corrected chi connectivity index (χ0v) is 17.0. The number of anilines is 1. The second-order valence-electron chi connectivity index (χ2n) is 6.55. The van der Waals surface area contributed by atoms with E-state index in [4.69, 9.17) is 16.7 Å². The molecule has 28 heavy (non-hydrogen) atoms. The number of aromatic nitrogens is 1. The lowest BCUT2D eigenvalue weighted by Crippen LogP contribution is -2.37. The van der Waals surface area contributed by atoms with Gasteiger partial charge < -0.3 is 10.0 Å². The lowest BCUT2D eigenvalue weighted by Gasteiger charge is -2.19. The summed E-state index contributed by atoms with van der Waals surface area (Å²) in [6, 6.07) is 18.3. The largest absolute Gasteiger partial charge is 0.481 e. The molecule has 6 heteroatoms. The molecule has 0 unspecified atom stereocenters. The zero-order valence-electron chi connectivity index (χ0n) is 15.4. The standard InChI is InChI=1S/C22H19ClN2O2S/c1-2-24-17(9-7-15-5-3-4-6-18(15)24)14-21-25(12-11-22(26)27)19-13-16(23)8-10-20(19)28-21/h3-10,13-14H,2,11-12H2,1H3/p+1. The Labute approximate surface area is 173 Å². The number of pyridine rings is 1. The molecule has 1 aromatic heterocycles. The first-order valence-corrected chi connectivity index (χ1v) is 10.4. The van der Waals surface area contributed by atoms with Crippen LogP contribution in [0.1, 0.15) is 19.0 Å². The summed E-state index contributed by atoms with van der Waals surface area (Å²) in [5.41, 5.74) is 3.23. The molecule has 142 valence electrons. The van der Waals surface area contributed by atoms with Gasteiger partial charge in [0.1, 0.15) is 6.54 Å². The number of aryl methyl sites for hydroxylation is 1. The van der Waals surface area contributed by atoms with Crippen LogP contribution in [0.2, 0.25) is 5.02 Å². The number of hydrogen-bond donors (Lipinski definition) is 1. The van der Waals surface area contributed by atoms with Gasteiger partial charge in [0.2, 0.25) is 11.2 Å². The SMILES string of the molecule is CC[n+]1c(/C=C2\Sc3ccc(Cl)cc3N2CCC(=O)O)ccc2ccccc21. The lowest BCUT2D eigenvalue weighted by atomic mass is 10.2. The van der Waals surface area contributed by atoms with Gasteiger partial charge in [0.15, 0.2) is 0 Å². The summed E-state index contributed by atoms with van der Waals surface area (Å²) in [4.78, 5) is 14.3. The number of carboxylic acid groups (broad SMARTS) is 1. The van der Waals surface area contributed by atoms with Crippen molar-refractivity contribution in [2.75, 3.05) is 11.4 Å². The number of nitrogens with zero attached hydrogens (tertiary/aromatic N) is 2. The summed E-state index contributed by atoms with van der Waals surface area (Å²) < 4.78 is 2.27. The van der Waals surface area contributed by atoms with E-state index in [1.54, 1.807) is 11.8 Å². The number of halogens is 1. The molecule has 1 aliphatic rings. The monoisotopic (exact) mass is 411 g/mol. The van der Waals surface area contributed by atoms with E-state index in [2.05, 4.69) is 46.7 Å². The number of thioether (sulfide) groups is 1. The maximum Gasteiger partial charge on any atom is 0.305 e. The van der Waals surface area contributed by atoms with Gasteiger partial charge >= 0.3 is 5.97 Å². The molecule has 0 fully saturated rings. The Kier molecular flexibility index (Phi) is 5.29. The Hall–Kier alpha value is -2.50. The van der Waals surface area contributed by atoms with E-state index in [1.165, 1.54) is 10.9 Å². The summed E-state index contributed by atoms with van der Waals surface area (Å²) in [6.45, 7) is 3.38. The topological polar surface area (TPSA) is 44.4 Å². The fourth-order valence-electron chi connectivity index (χ4n) is 3.50. The number of para-hydroxylation sites is 1. The van der Waals surface area contributed by atoms with Crippen LogP contribution in [0.15, 0.2) is 64.5 Å². The minimum absolute atomic E-state index is 0.0648. The lowest BCUT2D eigenvalue weighted by molar-refractivity contribution is -0.669. The van der Waals surface area contributed by atoms with E-state index in [0.29, 0.717) is 11.6 Å². The highest BCUT2D eigenvalue weighted by atomic mass is 35.5. The third-order valence-corrected chi connectivity index (χ3v) is 6.15. The van der Waals surface area contributed by atoms with Crippen LogP contribution in [0.3, 0.4) is 0 Å². The first-order chi connectivity index (χ1) is 13.6. The normalized spacial score (nSPS) is 14.6. The highest BCUT2D eigenvalue weighted by Crippen LogP contribution is 2.47. The molecule has 1 N–H and O–H groups in total. The molecule has 2 aromatic carbocycles. The molecule has 0 saturated heterocycles. The van der Waals surface area contributed by atoms with Crippen LogP contribution in [0.5, 0.6) is 0 Å². The minimum Gasteiger partial charge on any atom is -0.481 e. The van der Waals surface area contributed by atoms with Gasteiger partial charge in [-0.3, -0.25) is 4.79 Å². The molecule has 4 nitrogen and oxygen atoms in total. The molecule has 0 radical (unpaired) electrons. The predicted molar refractivity (Wildman–Crippen MR) is 115 cm³/mol. The van der Waals surface area contributed by atoms with Crippen LogP contribution in [0, 0.1) is 0 Å². The molecule has 0 aliphatic carbocycles. The van der Waals surface area contributed by atoms with E-state index >= 15 is 0 Å². The number of carbonyl (C=O) groups is 1. The second-order valence-corrected chi connectivity index (χ2v) is 8.05. The maximum atomic E-state index is 11.2. The number of rotatable bonds is 5. The van der Waals surface area contributed by atoms with E-state index in [0.717, 1.165) is 27.9 Å². The number of carboxylic acids is 1. The minimum atomic E-state index is -0.811. The fourth-order valence-corrected chi connectivity index (χ4v) is 4.78. The quantitative estimate of drug-likeness (QED) is 0.587. The van der Waals surface area contributed by atoms with Crippen LogP contribution in [-0.4, -0.2) is 17.6 Å². The third-order valence-electron chi connectivity index (χ3n) is 4.80. The summed E-state index contributed by atoms with van der Waals surface area (Å²) in [7, 11) is 0. The summed E-state index contributed by atoms with van der Waals surface area (Å²) in [5, 5.41) is 12.0. The number of fused-ring (bicyclic) bond motifs is 2. The number of hydrogen-bond acceptors (Lipinski definition) is 3. The molecule has 1 aliphatic heterocycles. The Morgan fingerprint density at radius 3 is 2.82 bits per heavy atom. The van der Waals surface area contributed by atoms with Gasteiger partial charge in [0.25, 0.3) is 0 Å². The third kappa shape index (κ3) is 3.60. The van der Waals surface area contributed by atoms with Crippen molar-refractivity contribution < 1.29 is 14.5 Å². The predicted octanol–water partition coefficient (Wildman–Crippen LogP) is 5.19. The zero-order chi connectivity index (χ0) is 19.7. The molecule has 2 heterocycles. The molecule has 0 amide bonds. The van der Waals surface area contributed by atoms with Crippen LogP contribution in [-0.2, 0) is 11.3 Å². The van der Waals surface area contributed by atoms with Crippen molar-refractivity contribution in [3.63, 3.8) is 0 Å².